The fourth-order valence-corrected chi connectivity index (χ4v) is 3.94. The van der Waals surface area contributed by atoms with E-state index in [2.05, 4.69) is 16.1 Å². The van der Waals surface area contributed by atoms with Gasteiger partial charge in [-0.2, -0.15) is 0 Å². The molecule has 30 heavy (non-hydrogen) atoms. The van der Waals surface area contributed by atoms with Gasteiger partial charge < -0.3 is 20.1 Å². The predicted octanol–water partition coefficient (Wildman–Crippen LogP) is 3.62. The fraction of sp³-hybridized carbons (Fsp3) is 0.286. The molecule has 0 aliphatic carbocycles. The van der Waals surface area contributed by atoms with Crippen LogP contribution in [0.3, 0.4) is 0 Å². The molecular weight excluding hydrogens is 407 g/mol. The van der Waals surface area contributed by atoms with E-state index in [1.54, 1.807) is 17.3 Å². The summed E-state index contributed by atoms with van der Waals surface area (Å²) in [4.78, 5) is 24.3. The van der Waals surface area contributed by atoms with Crippen molar-refractivity contribution in [2.24, 2.45) is 5.73 Å². The molecule has 0 radical (unpaired) electrons. The zero-order chi connectivity index (χ0) is 21.3. The molecule has 3 aromatic rings. The minimum absolute atomic E-state index is 0.0227. The van der Waals surface area contributed by atoms with Gasteiger partial charge in [0.15, 0.2) is 0 Å². The summed E-state index contributed by atoms with van der Waals surface area (Å²) in [6.45, 7) is 4.89. The van der Waals surface area contributed by atoms with Crippen molar-refractivity contribution in [2.75, 3.05) is 23.0 Å². The highest BCUT2D eigenvalue weighted by molar-refractivity contribution is 6.31. The summed E-state index contributed by atoms with van der Waals surface area (Å²) < 4.78 is 14.8. The molecular formula is C21H22ClFN6O. The van der Waals surface area contributed by atoms with Crippen molar-refractivity contribution in [3.63, 3.8) is 0 Å². The Labute approximate surface area is 178 Å². The number of aryl methyl sites for hydroxylation is 1. The largest absolute Gasteiger partial charge is 0.368 e. The number of halogens is 2. The van der Waals surface area contributed by atoms with Crippen molar-refractivity contribution in [3.8, 4) is 0 Å². The number of anilines is 2. The highest BCUT2D eigenvalue weighted by Crippen LogP contribution is 2.41. The van der Waals surface area contributed by atoms with Gasteiger partial charge in [-0.15, -0.1) is 0 Å². The summed E-state index contributed by atoms with van der Waals surface area (Å²) in [5.41, 5.74) is 8.79. The van der Waals surface area contributed by atoms with E-state index in [0.29, 0.717) is 36.8 Å². The summed E-state index contributed by atoms with van der Waals surface area (Å²) in [6.07, 6.45) is 4.58. The number of hydrogen-bond acceptors (Lipinski definition) is 5. The first kappa shape index (κ1) is 20.2. The number of nitrogens with zero attached hydrogens (tertiary/aromatic N) is 5. The normalized spacial score (nSPS) is 13.3. The standard InChI is InChI=1S/C21H22ClFN6O/c1-14-28(12-20(24)30)18-6-8-25-11-19(18)29(14)13-21-26-16-10-15(22)4-5-17(16)27(21)9-3-2-7-23/h4-6,8,10-11H,1-3,7,9,12-13H2,(H2,24,30). The van der Waals surface area contributed by atoms with E-state index in [4.69, 9.17) is 22.3 Å². The average molecular weight is 429 g/mol. The number of aromatic nitrogens is 3. The van der Waals surface area contributed by atoms with Gasteiger partial charge in [0.05, 0.1) is 41.8 Å². The maximum Gasteiger partial charge on any atom is 0.237 e. The third-order valence-electron chi connectivity index (χ3n) is 5.15. The molecule has 0 unspecified atom stereocenters. The lowest BCUT2D eigenvalue weighted by Crippen LogP contribution is -2.34. The summed E-state index contributed by atoms with van der Waals surface area (Å²) in [5.74, 6) is 0.967. The number of nitrogens with two attached hydrogens (primary N) is 1. The monoisotopic (exact) mass is 428 g/mol. The van der Waals surface area contributed by atoms with Crippen LogP contribution in [-0.2, 0) is 17.9 Å². The number of rotatable bonds is 8. The molecule has 0 saturated heterocycles. The zero-order valence-electron chi connectivity index (χ0n) is 16.4. The second-order valence-corrected chi connectivity index (χ2v) is 7.56. The molecule has 2 aromatic heterocycles. The van der Waals surface area contributed by atoms with Crippen LogP contribution in [0.1, 0.15) is 18.7 Å². The number of benzene rings is 1. The van der Waals surface area contributed by atoms with Crippen molar-refractivity contribution in [1.82, 2.24) is 14.5 Å². The zero-order valence-corrected chi connectivity index (χ0v) is 17.1. The number of unbranched alkanes of at least 4 members (excludes halogenated alkanes) is 1. The van der Waals surface area contributed by atoms with Gasteiger partial charge in [-0.1, -0.05) is 18.2 Å². The van der Waals surface area contributed by atoms with Gasteiger partial charge >= 0.3 is 0 Å². The van der Waals surface area contributed by atoms with Gasteiger partial charge in [0, 0.05) is 17.8 Å². The number of carbonyl (C=O) groups is 1. The number of pyridine rings is 1. The van der Waals surface area contributed by atoms with E-state index in [9.17, 15) is 9.18 Å². The molecule has 7 nitrogen and oxygen atoms in total. The number of imidazole rings is 1. The fourth-order valence-electron chi connectivity index (χ4n) is 3.78. The molecule has 1 aliphatic rings. The lowest BCUT2D eigenvalue weighted by molar-refractivity contribution is -0.116. The first-order valence-corrected chi connectivity index (χ1v) is 10.0. The van der Waals surface area contributed by atoms with Crippen LogP contribution in [-0.4, -0.2) is 33.7 Å². The van der Waals surface area contributed by atoms with Crippen molar-refractivity contribution in [1.29, 1.82) is 0 Å². The van der Waals surface area contributed by atoms with Crippen molar-refractivity contribution in [2.45, 2.75) is 25.9 Å². The van der Waals surface area contributed by atoms with E-state index in [-0.39, 0.29) is 13.2 Å². The van der Waals surface area contributed by atoms with Gasteiger partial charge in [-0.3, -0.25) is 14.2 Å². The second kappa shape index (κ2) is 8.31. The number of fused-ring (bicyclic) bond motifs is 2. The van der Waals surface area contributed by atoms with Crippen molar-refractivity contribution >= 4 is 39.9 Å². The van der Waals surface area contributed by atoms with Crippen LogP contribution in [0, 0.1) is 0 Å². The van der Waals surface area contributed by atoms with E-state index in [1.165, 1.54) is 0 Å². The summed E-state index contributed by atoms with van der Waals surface area (Å²) in [5, 5.41) is 0.607. The van der Waals surface area contributed by atoms with Crippen LogP contribution in [0.2, 0.25) is 5.02 Å². The quantitative estimate of drug-likeness (QED) is 0.554. The van der Waals surface area contributed by atoms with Gasteiger partial charge in [0.2, 0.25) is 5.91 Å². The SMILES string of the molecule is C=C1N(CC(N)=O)c2ccncc2N1Cc1nc2cc(Cl)ccc2n1CCCCF. The van der Waals surface area contributed by atoms with Crippen LogP contribution in [0.25, 0.3) is 11.0 Å². The van der Waals surface area contributed by atoms with Gasteiger partial charge in [0.25, 0.3) is 0 Å². The summed E-state index contributed by atoms with van der Waals surface area (Å²) in [6, 6.07) is 7.40. The highest BCUT2D eigenvalue weighted by Gasteiger charge is 2.32. The number of primary amides is 1. The van der Waals surface area contributed by atoms with Crippen LogP contribution >= 0.6 is 11.6 Å². The maximum absolute atomic E-state index is 12.7. The molecule has 4 rings (SSSR count). The van der Waals surface area contributed by atoms with Gasteiger partial charge in [-0.05, 0) is 37.1 Å². The molecule has 2 N–H and O–H groups in total. The molecule has 9 heteroatoms. The Morgan fingerprint density at radius 1 is 1.20 bits per heavy atom. The number of amides is 1. The second-order valence-electron chi connectivity index (χ2n) is 7.13. The van der Waals surface area contributed by atoms with Gasteiger partial charge in [0.1, 0.15) is 18.2 Å². The van der Waals surface area contributed by atoms with Gasteiger partial charge in [-0.25, -0.2) is 4.98 Å². The van der Waals surface area contributed by atoms with E-state index >= 15 is 0 Å². The molecule has 1 aromatic carbocycles. The molecule has 0 atom stereocenters. The molecule has 0 fully saturated rings. The average Bonchev–Trinajstić information content (AvgIpc) is 3.18. The summed E-state index contributed by atoms with van der Waals surface area (Å²) in [7, 11) is 0. The third-order valence-corrected chi connectivity index (χ3v) is 5.39. The molecule has 3 heterocycles. The van der Waals surface area contributed by atoms with Crippen molar-refractivity contribution in [3.05, 3.63) is 59.9 Å². The molecule has 1 amide bonds. The Bertz CT molecular complexity index is 1110. The topological polar surface area (TPSA) is 80.3 Å². The Morgan fingerprint density at radius 3 is 2.80 bits per heavy atom. The molecule has 0 spiro atoms. The maximum atomic E-state index is 12.7. The highest BCUT2D eigenvalue weighted by atomic mass is 35.5. The lowest BCUT2D eigenvalue weighted by Gasteiger charge is -2.23. The first-order chi connectivity index (χ1) is 14.5. The predicted molar refractivity (Wildman–Crippen MR) is 116 cm³/mol. The van der Waals surface area contributed by atoms with Crippen LogP contribution in [0.4, 0.5) is 15.8 Å². The number of hydrogen-bond donors (Lipinski definition) is 1. The van der Waals surface area contributed by atoms with Crippen molar-refractivity contribution < 1.29 is 9.18 Å². The van der Waals surface area contributed by atoms with Crippen LogP contribution in [0.15, 0.2) is 49.1 Å². The smallest absolute Gasteiger partial charge is 0.237 e. The third kappa shape index (κ3) is 3.70. The Morgan fingerprint density at radius 2 is 2.03 bits per heavy atom. The first-order valence-electron chi connectivity index (χ1n) is 9.66. The summed E-state index contributed by atoms with van der Waals surface area (Å²) >= 11 is 6.15. The molecule has 1 aliphatic heterocycles. The molecule has 0 bridgehead atoms. The van der Waals surface area contributed by atoms with E-state index < -0.39 is 5.91 Å². The Balaban J connectivity index is 1.72. The van der Waals surface area contributed by atoms with Crippen LogP contribution in [0.5, 0.6) is 0 Å². The minimum atomic E-state index is -0.450. The Kier molecular flexibility index (Phi) is 5.59. The number of carbonyl (C=O) groups excluding carboxylic acids is 1. The van der Waals surface area contributed by atoms with E-state index in [0.717, 1.165) is 28.2 Å². The van der Waals surface area contributed by atoms with Crippen LogP contribution < -0.4 is 15.5 Å². The molecule has 156 valence electrons. The number of alkyl halides is 1. The Hall–Kier alpha value is -3.13. The molecule has 0 saturated carbocycles. The van der Waals surface area contributed by atoms with E-state index in [1.807, 2.05) is 29.2 Å². The lowest BCUT2D eigenvalue weighted by atomic mass is 10.3. The minimum Gasteiger partial charge on any atom is -0.368 e.